The Hall–Kier alpha value is -2.67. The Morgan fingerprint density at radius 3 is 2.39 bits per heavy atom. The summed E-state index contributed by atoms with van der Waals surface area (Å²) in [5.74, 6) is 0.794. The first kappa shape index (κ1) is 15.2. The Morgan fingerprint density at radius 1 is 1.04 bits per heavy atom. The van der Waals surface area contributed by atoms with Crippen LogP contribution < -0.4 is 4.74 Å². The molecule has 7 heteroatoms. The SMILES string of the molecule is COc1ccc(-c2nc(CS(=O)(=O)c3ccccc3)no2)cc1. The second-order valence-corrected chi connectivity index (χ2v) is 6.81. The maximum atomic E-state index is 12.3. The van der Waals surface area contributed by atoms with Gasteiger partial charge in [-0.1, -0.05) is 23.4 Å². The van der Waals surface area contributed by atoms with E-state index in [9.17, 15) is 8.42 Å². The maximum Gasteiger partial charge on any atom is 0.257 e. The molecule has 3 aromatic rings. The number of hydrogen-bond donors (Lipinski definition) is 0. The molecule has 0 N–H and O–H groups in total. The van der Waals surface area contributed by atoms with E-state index in [-0.39, 0.29) is 22.4 Å². The van der Waals surface area contributed by atoms with Gasteiger partial charge in [-0.05, 0) is 36.4 Å². The van der Waals surface area contributed by atoms with Crippen LogP contribution in [0.25, 0.3) is 11.5 Å². The normalized spacial score (nSPS) is 11.3. The molecule has 0 spiro atoms. The van der Waals surface area contributed by atoms with Crippen molar-refractivity contribution in [2.24, 2.45) is 0 Å². The summed E-state index contributed by atoms with van der Waals surface area (Å²) in [4.78, 5) is 4.38. The van der Waals surface area contributed by atoms with E-state index >= 15 is 0 Å². The first-order chi connectivity index (χ1) is 11.1. The van der Waals surface area contributed by atoms with Gasteiger partial charge in [-0.25, -0.2) is 8.42 Å². The predicted molar refractivity (Wildman–Crippen MR) is 83.6 cm³/mol. The maximum absolute atomic E-state index is 12.3. The average molecular weight is 330 g/mol. The van der Waals surface area contributed by atoms with E-state index in [0.717, 1.165) is 0 Å². The summed E-state index contributed by atoms with van der Waals surface area (Å²) in [6, 6.07) is 15.2. The van der Waals surface area contributed by atoms with Gasteiger partial charge in [0.1, 0.15) is 11.5 Å². The first-order valence-corrected chi connectivity index (χ1v) is 8.48. The van der Waals surface area contributed by atoms with Crippen molar-refractivity contribution in [1.29, 1.82) is 0 Å². The summed E-state index contributed by atoms with van der Waals surface area (Å²) in [6.07, 6.45) is 0. The van der Waals surface area contributed by atoms with Gasteiger partial charge >= 0.3 is 0 Å². The number of benzene rings is 2. The molecule has 0 atom stereocenters. The van der Waals surface area contributed by atoms with Crippen LogP contribution in [-0.2, 0) is 15.6 Å². The van der Waals surface area contributed by atoms with E-state index in [4.69, 9.17) is 9.26 Å². The quantitative estimate of drug-likeness (QED) is 0.715. The highest BCUT2D eigenvalue weighted by Gasteiger charge is 2.19. The minimum absolute atomic E-state index is 0.125. The van der Waals surface area contributed by atoms with Gasteiger partial charge in [0.2, 0.25) is 0 Å². The van der Waals surface area contributed by atoms with Gasteiger partial charge in [-0.3, -0.25) is 0 Å². The van der Waals surface area contributed by atoms with Gasteiger partial charge in [0.15, 0.2) is 15.7 Å². The summed E-state index contributed by atoms with van der Waals surface area (Å²) >= 11 is 0. The number of sulfone groups is 1. The Labute approximate surface area is 133 Å². The Morgan fingerprint density at radius 2 is 1.74 bits per heavy atom. The Kier molecular flexibility index (Phi) is 4.12. The molecule has 0 aliphatic carbocycles. The molecule has 1 aromatic heterocycles. The van der Waals surface area contributed by atoms with Gasteiger partial charge < -0.3 is 9.26 Å². The molecule has 0 bridgehead atoms. The van der Waals surface area contributed by atoms with Gasteiger partial charge in [0, 0.05) is 5.56 Å². The number of rotatable bonds is 5. The summed E-state index contributed by atoms with van der Waals surface area (Å²) in [7, 11) is -1.92. The van der Waals surface area contributed by atoms with Crippen LogP contribution in [-0.4, -0.2) is 25.7 Å². The Bertz CT molecular complexity index is 887. The third-order valence-corrected chi connectivity index (χ3v) is 4.86. The molecule has 0 saturated carbocycles. The lowest BCUT2D eigenvalue weighted by Crippen LogP contribution is -2.06. The van der Waals surface area contributed by atoms with Crippen molar-refractivity contribution in [3.05, 3.63) is 60.4 Å². The van der Waals surface area contributed by atoms with Gasteiger partial charge in [0.05, 0.1) is 12.0 Å². The topological polar surface area (TPSA) is 82.3 Å². The smallest absolute Gasteiger partial charge is 0.257 e. The molecule has 0 amide bonds. The van der Waals surface area contributed by atoms with Crippen molar-refractivity contribution in [1.82, 2.24) is 10.1 Å². The number of nitrogens with zero attached hydrogens (tertiary/aromatic N) is 2. The fraction of sp³-hybridized carbons (Fsp3) is 0.125. The zero-order valence-corrected chi connectivity index (χ0v) is 13.2. The van der Waals surface area contributed by atoms with Crippen LogP contribution in [0.4, 0.5) is 0 Å². The standard InChI is InChI=1S/C16H14N2O4S/c1-21-13-9-7-12(8-10-13)16-17-15(18-22-16)11-23(19,20)14-5-3-2-4-6-14/h2-10H,11H2,1H3. The van der Waals surface area contributed by atoms with E-state index in [1.165, 1.54) is 0 Å². The molecular weight excluding hydrogens is 316 g/mol. The lowest BCUT2D eigenvalue weighted by molar-refractivity contribution is 0.414. The van der Waals surface area contributed by atoms with Gasteiger partial charge in [-0.2, -0.15) is 4.98 Å². The van der Waals surface area contributed by atoms with Crippen LogP contribution in [0.2, 0.25) is 0 Å². The molecule has 0 aliphatic heterocycles. The third kappa shape index (κ3) is 3.40. The number of aromatic nitrogens is 2. The van der Waals surface area contributed by atoms with E-state index in [0.29, 0.717) is 11.3 Å². The summed E-state index contributed by atoms with van der Waals surface area (Å²) < 4.78 is 34.8. The zero-order chi connectivity index (χ0) is 16.3. The molecule has 1 heterocycles. The van der Waals surface area contributed by atoms with Crippen LogP contribution >= 0.6 is 0 Å². The molecule has 0 fully saturated rings. The van der Waals surface area contributed by atoms with Crippen molar-refractivity contribution in [2.45, 2.75) is 10.6 Å². The van der Waals surface area contributed by atoms with Crippen LogP contribution in [0.5, 0.6) is 5.75 Å². The zero-order valence-electron chi connectivity index (χ0n) is 12.3. The van der Waals surface area contributed by atoms with E-state index in [2.05, 4.69) is 10.1 Å². The second-order valence-electron chi connectivity index (χ2n) is 4.82. The number of ether oxygens (including phenoxy) is 1. The van der Waals surface area contributed by atoms with Crippen molar-refractivity contribution < 1.29 is 17.7 Å². The molecule has 0 radical (unpaired) electrons. The minimum Gasteiger partial charge on any atom is -0.497 e. The molecule has 0 saturated heterocycles. The highest BCUT2D eigenvalue weighted by atomic mass is 32.2. The monoisotopic (exact) mass is 330 g/mol. The van der Waals surface area contributed by atoms with E-state index < -0.39 is 9.84 Å². The largest absolute Gasteiger partial charge is 0.497 e. The highest BCUT2D eigenvalue weighted by Crippen LogP contribution is 2.22. The lowest BCUT2D eigenvalue weighted by atomic mass is 10.2. The lowest BCUT2D eigenvalue weighted by Gasteiger charge is -2.00. The fourth-order valence-corrected chi connectivity index (χ4v) is 3.24. The summed E-state index contributed by atoms with van der Waals surface area (Å²) in [5, 5.41) is 3.75. The number of hydrogen-bond acceptors (Lipinski definition) is 6. The molecule has 2 aromatic carbocycles. The molecule has 118 valence electrons. The summed E-state index contributed by atoms with van der Waals surface area (Å²) in [6.45, 7) is 0. The minimum atomic E-state index is -3.50. The second kappa shape index (κ2) is 6.21. The van der Waals surface area contributed by atoms with Crippen molar-refractivity contribution >= 4 is 9.84 Å². The van der Waals surface area contributed by atoms with E-state index in [1.54, 1.807) is 61.7 Å². The first-order valence-electron chi connectivity index (χ1n) is 6.83. The van der Waals surface area contributed by atoms with Crippen molar-refractivity contribution in [2.75, 3.05) is 7.11 Å². The van der Waals surface area contributed by atoms with Crippen molar-refractivity contribution in [3.8, 4) is 17.2 Å². The molecular formula is C16H14N2O4S. The molecule has 6 nitrogen and oxygen atoms in total. The Balaban J connectivity index is 1.82. The molecule has 0 unspecified atom stereocenters. The van der Waals surface area contributed by atoms with Crippen LogP contribution in [0.15, 0.2) is 64.0 Å². The van der Waals surface area contributed by atoms with Crippen LogP contribution in [0.3, 0.4) is 0 Å². The highest BCUT2D eigenvalue weighted by molar-refractivity contribution is 7.90. The third-order valence-electron chi connectivity index (χ3n) is 3.23. The molecule has 3 rings (SSSR count). The molecule has 0 aliphatic rings. The van der Waals surface area contributed by atoms with E-state index in [1.807, 2.05) is 0 Å². The average Bonchev–Trinajstić information content (AvgIpc) is 3.03. The molecule has 23 heavy (non-hydrogen) atoms. The van der Waals surface area contributed by atoms with Crippen LogP contribution in [0.1, 0.15) is 5.82 Å². The summed E-state index contributed by atoms with van der Waals surface area (Å²) in [5.41, 5.74) is 0.696. The van der Waals surface area contributed by atoms with Gasteiger partial charge in [0.25, 0.3) is 5.89 Å². The predicted octanol–water partition coefficient (Wildman–Crippen LogP) is 2.72. The van der Waals surface area contributed by atoms with Crippen molar-refractivity contribution in [3.63, 3.8) is 0 Å². The number of methoxy groups -OCH3 is 1. The van der Waals surface area contributed by atoms with Gasteiger partial charge in [-0.15, -0.1) is 0 Å². The fourth-order valence-electron chi connectivity index (χ4n) is 2.04. The van der Waals surface area contributed by atoms with Crippen LogP contribution in [0, 0.1) is 0 Å².